The first-order valence-electron chi connectivity index (χ1n) is 6.84. The van der Waals surface area contributed by atoms with E-state index in [1.54, 1.807) is 3.28 Å². The van der Waals surface area contributed by atoms with E-state index in [0.717, 1.165) is 6.42 Å². The third-order valence-electron chi connectivity index (χ3n) is 3.78. The second-order valence-corrected chi connectivity index (χ2v) is 8.76. The van der Waals surface area contributed by atoms with E-state index in [0.29, 0.717) is 3.63 Å². The van der Waals surface area contributed by atoms with Gasteiger partial charge in [-0.1, -0.05) is 0 Å². The minimum Gasteiger partial charge on any atom is -1.00 e. The predicted octanol–water partition coefficient (Wildman–Crippen LogP) is -2.13. The van der Waals surface area contributed by atoms with Gasteiger partial charge in [-0.3, -0.25) is 0 Å². The van der Waals surface area contributed by atoms with Crippen LogP contribution in [0.15, 0.2) is 64.2 Å². The van der Waals surface area contributed by atoms with Crippen LogP contribution < -0.4 is 24.8 Å². The van der Waals surface area contributed by atoms with Crippen molar-refractivity contribution in [3.8, 4) is 0 Å². The van der Waals surface area contributed by atoms with Crippen molar-refractivity contribution in [2.75, 3.05) is 0 Å². The van der Waals surface area contributed by atoms with E-state index in [4.69, 9.17) is 0 Å². The van der Waals surface area contributed by atoms with Gasteiger partial charge in [-0.2, -0.15) is 0 Å². The molecule has 0 aliphatic heterocycles. The van der Waals surface area contributed by atoms with Gasteiger partial charge >= 0.3 is 130 Å². The van der Waals surface area contributed by atoms with Gasteiger partial charge in [0, 0.05) is 0 Å². The van der Waals surface area contributed by atoms with Crippen molar-refractivity contribution < 1.29 is 48.0 Å². The fourth-order valence-electron chi connectivity index (χ4n) is 2.82. The summed E-state index contributed by atoms with van der Waals surface area (Å²) in [4.78, 5) is 0. The zero-order valence-electron chi connectivity index (χ0n) is 11.8. The molecular weight excluding hydrogens is 394 g/mol. The van der Waals surface area contributed by atoms with Gasteiger partial charge in [-0.05, 0) is 0 Å². The molecule has 1 atom stereocenters. The third-order valence-corrected chi connectivity index (χ3v) is 7.80. The number of aromatic nitrogens is 2. The molecule has 2 nitrogen and oxygen atoms in total. The van der Waals surface area contributed by atoms with Gasteiger partial charge in [-0.25, -0.2) is 0 Å². The summed E-state index contributed by atoms with van der Waals surface area (Å²) in [5, 5.41) is 4.45. The number of hydrogen-bond donors (Lipinski definition) is 0. The van der Waals surface area contributed by atoms with Crippen LogP contribution in [0.2, 0.25) is 0 Å². The fraction of sp³-hybridized carbons (Fsp3) is 0.118. The average molecular weight is 408 g/mol. The van der Waals surface area contributed by atoms with Crippen molar-refractivity contribution in [2.45, 2.75) is 10.0 Å². The second kappa shape index (κ2) is 7.59. The molecule has 1 heterocycles. The van der Waals surface area contributed by atoms with Crippen molar-refractivity contribution in [3.63, 3.8) is 0 Å². The topological polar surface area (TPSA) is 17.8 Å². The van der Waals surface area contributed by atoms with E-state index in [1.807, 2.05) is 12.3 Å². The van der Waals surface area contributed by atoms with Gasteiger partial charge in [0.2, 0.25) is 0 Å². The van der Waals surface area contributed by atoms with Crippen molar-refractivity contribution in [2.24, 2.45) is 0 Å². The molecule has 0 spiro atoms. The van der Waals surface area contributed by atoms with E-state index in [-0.39, 0.29) is 24.8 Å². The van der Waals surface area contributed by atoms with Crippen LogP contribution in [0.25, 0.3) is 11.8 Å². The molecule has 1 aromatic carbocycles. The Bertz CT molecular complexity index is 733. The number of allylic oxidation sites excluding steroid dienone is 5. The van der Waals surface area contributed by atoms with Gasteiger partial charge in [0.25, 0.3) is 0 Å². The van der Waals surface area contributed by atoms with Crippen molar-refractivity contribution in [1.82, 2.24) is 9.78 Å². The van der Waals surface area contributed by atoms with E-state index >= 15 is 0 Å². The second-order valence-electron chi connectivity index (χ2n) is 5.05. The summed E-state index contributed by atoms with van der Waals surface area (Å²) in [6.07, 6.45) is 14.2. The summed E-state index contributed by atoms with van der Waals surface area (Å²) >= 11 is -0.664. The molecule has 0 saturated heterocycles. The van der Waals surface area contributed by atoms with E-state index in [1.165, 1.54) is 16.8 Å². The normalized spacial score (nSPS) is 17.7. The van der Waals surface area contributed by atoms with Gasteiger partial charge < -0.3 is 24.8 Å². The zero-order chi connectivity index (χ0) is 13.4. The number of benzene rings is 1. The summed E-state index contributed by atoms with van der Waals surface area (Å²) in [6, 6.07) is 10.8. The molecule has 0 bridgehead atoms. The van der Waals surface area contributed by atoms with Crippen LogP contribution in [0.5, 0.6) is 0 Å². The van der Waals surface area contributed by atoms with Gasteiger partial charge in [0.15, 0.2) is 0 Å². The minimum atomic E-state index is -0.664. The van der Waals surface area contributed by atoms with Gasteiger partial charge in [0.05, 0.1) is 0 Å². The molecule has 0 radical (unpaired) electrons. The molecule has 4 rings (SSSR count). The maximum absolute atomic E-state index is 4.45. The number of nitrogens with zero attached hydrogens (tertiary/aromatic N) is 2. The first-order valence-corrected chi connectivity index (χ1v) is 9.49. The molecule has 2 aliphatic carbocycles. The summed E-state index contributed by atoms with van der Waals surface area (Å²) < 4.78 is 4.31. The number of rotatable bonds is 3. The molecule has 110 valence electrons. The number of halogens is 2. The quantitative estimate of drug-likeness (QED) is 0.568. The molecule has 0 saturated carbocycles. The molecule has 0 amide bonds. The van der Waals surface area contributed by atoms with E-state index < -0.39 is 23.2 Å². The van der Waals surface area contributed by atoms with Crippen molar-refractivity contribution in [1.29, 1.82) is 0 Å². The summed E-state index contributed by atoms with van der Waals surface area (Å²) in [5.74, 6) is 0. The summed E-state index contributed by atoms with van der Waals surface area (Å²) in [6.45, 7) is 0. The van der Waals surface area contributed by atoms with Crippen molar-refractivity contribution in [3.05, 3.63) is 75.4 Å². The average Bonchev–Trinajstić information content (AvgIpc) is 3.19. The van der Waals surface area contributed by atoms with Crippen LogP contribution >= 0.6 is 0 Å². The Morgan fingerprint density at radius 2 is 2.00 bits per heavy atom. The Balaban J connectivity index is 0.000000882. The molecule has 0 N–H and O–H groups in total. The fourth-order valence-corrected chi connectivity index (χ4v) is 6.70. The van der Waals surface area contributed by atoms with Crippen molar-refractivity contribution >= 4 is 11.8 Å². The third kappa shape index (κ3) is 3.22. The minimum absolute atomic E-state index is 0. The number of hydrogen-bond acceptors (Lipinski definition) is 1. The van der Waals surface area contributed by atoms with Crippen LogP contribution in [0.1, 0.15) is 21.2 Å². The smallest absolute Gasteiger partial charge is 1.00 e. The van der Waals surface area contributed by atoms with Crippen LogP contribution in [0.4, 0.5) is 0 Å². The predicted molar refractivity (Wildman–Crippen MR) is 77.4 cm³/mol. The molecule has 0 fully saturated rings. The Morgan fingerprint density at radius 1 is 1.14 bits per heavy atom. The van der Waals surface area contributed by atoms with E-state index in [2.05, 4.69) is 64.5 Å². The van der Waals surface area contributed by atoms with Crippen LogP contribution in [0.3, 0.4) is 0 Å². The maximum atomic E-state index is 4.45. The van der Waals surface area contributed by atoms with Gasteiger partial charge in [0.1, 0.15) is 0 Å². The monoisotopic (exact) mass is 406 g/mol. The summed E-state index contributed by atoms with van der Waals surface area (Å²) in [5.41, 5.74) is 4.23. The van der Waals surface area contributed by atoms with E-state index in [9.17, 15) is 0 Å². The maximum Gasteiger partial charge on any atom is -1.00 e. The molecule has 1 unspecified atom stereocenters. The van der Waals surface area contributed by atoms with Crippen LogP contribution in [0, 0.1) is 0 Å². The zero-order valence-corrected chi connectivity index (χ0v) is 15.8. The Kier molecular flexibility index (Phi) is 6.03. The standard InChI is InChI=1S/C12H9N2.C5H5.2ClH.Zr/c1-2-5-11-9-12(8-10(11)4-1)14-7-3-6-13-14;1-2-4-5-3-1;;;/h1-9H;1-3H,4H2;2*1H;/q;;;;+2/p-2. The molecule has 22 heavy (non-hydrogen) atoms. The SMILES string of the molecule is C1=CC[C]([Zr+2][CH]2C(n3cccn3)=Cc3ccccc32)=C1.[Cl-].[Cl-]. The van der Waals surface area contributed by atoms with Crippen LogP contribution in [-0.4, -0.2) is 9.78 Å². The molecular formula is C17H14Cl2N2Zr. The Morgan fingerprint density at radius 3 is 2.73 bits per heavy atom. The Hall–Kier alpha value is -0.887. The molecule has 5 heteroatoms. The number of fused-ring (bicyclic) bond motifs is 1. The first-order chi connectivity index (χ1) is 9.92. The van der Waals surface area contributed by atoms with Crippen LogP contribution in [-0.2, 0) is 23.2 Å². The van der Waals surface area contributed by atoms with Gasteiger partial charge in [-0.15, -0.1) is 0 Å². The largest absolute Gasteiger partial charge is 1.00 e. The molecule has 2 aromatic rings. The Labute approximate surface area is 154 Å². The first kappa shape index (κ1) is 17.5. The molecule has 1 aromatic heterocycles. The summed E-state index contributed by atoms with van der Waals surface area (Å²) in [7, 11) is 0. The molecule has 2 aliphatic rings.